The van der Waals surface area contributed by atoms with Crippen LogP contribution >= 0.6 is 15.9 Å². The average molecular weight is 371 g/mol. The Morgan fingerprint density at radius 3 is 2.68 bits per heavy atom. The molecular weight excluding hydrogens is 352 g/mol. The van der Waals surface area contributed by atoms with Gasteiger partial charge in [-0.25, -0.2) is 9.78 Å². The van der Waals surface area contributed by atoms with Gasteiger partial charge < -0.3 is 4.98 Å². The van der Waals surface area contributed by atoms with Crippen LogP contribution in [0.25, 0.3) is 11.2 Å². The Labute approximate surface area is 135 Å². The van der Waals surface area contributed by atoms with Crippen molar-refractivity contribution >= 4 is 32.9 Å². The first-order valence-corrected chi connectivity index (χ1v) is 7.97. The molecule has 0 saturated heterocycles. The van der Waals surface area contributed by atoms with Crippen molar-refractivity contribution in [1.29, 1.82) is 0 Å². The van der Waals surface area contributed by atoms with Gasteiger partial charge in [0.1, 0.15) is 5.78 Å². The number of halogens is 1. The topological polar surface area (TPSA) is 89.8 Å². The largest absolute Gasteiger partial charge is 0.332 e. The molecule has 1 atom stereocenters. The molecule has 0 spiro atoms. The molecule has 0 bridgehead atoms. The number of H-pyrrole nitrogens is 1. The van der Waals surface area contributed by atoms with Gasteiger partial charge in [-0.3, -0.25) is 18.7 Å². The molecule has 2 aromatic heterocycles. The molecule has 0 saturated carbocycles. The number of nitrogens with one attached hydrogen (secondary N) is 1. The molecule has 0 unspecified atom stereocenters. The molecule has 0 radical (unpaired) electrons. The van der Waals surface area contributed by atoms with Crippen LogP contribution in [0.1, 0.15) is 33.1 Å². The smallest absolute Gasteiger partial charge is 0.327 e. The van der Waals surface area contributed by atoms with E-state index in [0.29, 0.717) is 28.9 Å². The van der Waals surface area contributed by atoms with Crippen LogP contribution in [0.4, 0.5) is 0 Å². The van der Waals surface area contributed by atoms with Gasteiger partial charge in [0, 0.05) is 19.5 Å². The maximum atomic E-state index is 12.4. The second-order valence-corrected chi connectivity index (χ2v) is 6.28. The van der Waals surface area contributed by atoms with Crippen molar-refractivity contribution in [1.82, 2.24) is 19.1 Å². The van der Waals surface area contributed by atoms with E-state index in [2.05, 4.69) is 25.9 Å². The predicted molar refractivity (Wildman–Crippen MR) is 87.0 cm³/mol. The number of fused-ring (bicyclic) bond motifs is 1. The number of ketones is 1. The lowest BCUT2D eigenvalue weighted by molar-refractivity contribution is -0.120. The summed E-state index contributed by atoms with van der Waals surface area (Å²) in [5.41, 5.74) is -0.0959. The highest BCUT2D eigenvalue weighted by Gasteiger charge is 2.14. The summed E-state index contributed by atoms with van der Waals surface area (Å²) in [5, 5.41) is 0. The molecule has 0 aliphatic heterocycles. The molecule has 0 fully saturated rings. The van der Waals surface area contributed by atoms with Crippen molar-refractivity contribution in [2.75, 3.05) is 0 Å². The highest BCUT2D eigenvalue weighted by atomic mass is 79.9. The fourth-order valence-electron chi connectivity index (χ4n) is 2.34. The SMILES string of the molecule is CC(=O)[C@H](C)CCCCn1c(=O)c2[nH]c(Br)nc2n(C)c1=O. The van der Waals surface area contributed by atoms with Crippen LogP contribution in [0.5, 0.6) is 0 Å². The third-order valence-corrected chi connectivity index (χ3v) is 4.29. The summed E-state index contributed by atoms with van der Waals surface area (Å²) in [6.45, 7) is 3.80. The molecule has 7 nitrogen and oxygen atoms in total. The van der Waals surface area contributed by atoms with Gasteiger partial charge in [0.25, 0.3) is 5.56 Å². The molecule has 120 valence electrons. The van der Waals surface area contributed by atoms with Crippen molar-refractivity contribution < 1.29 is 4.79 Å². The van der Waals surface area contributed by atoms with E-state index in [1.165, 1.54) is 9.13 Å². The van der Waals surface area contributed by atoms with Gasteiger partial charge in [0.15, 0.2) is 15.9 Å². The van der Waals surface area contributed by atoms with Gasteiger partial charge in [-0.2, -0.15) is 0 Å². The van der Waals surface area contributed by atoms with Crippen LogP contribution in [-0.4, -0.2) is 24.9 Å². The van der Waals surface area contributed by atoms with Crippen LogP contribution < -0.4 is 11.2 Å². The second kappa shape index (κ2) is 6.60. The number of unbranched alkanes of at least 4 members (excludes halogenated alkanes) is 1. The molecule has 0 aliphatic rings. The zero-order valence-electron chi connectivity index (χ0n) is 12.9. The summed E-state index contributed by atoms with van der Waals surface area (Å²) in [4.78, 5) is 42.7. The minimum absolute atomic E-state index is 0.0191. The van der Waals surface area contributed by atoms with E-state index in [9.17, 15) is 14.4 Å². The number of hydrogen-bond donors (Lipinski definition) is 1. The molecule has 2 heterocycles. The lowest BCUT2D eigenvalue weighted by atomic mass is 10.0. The molecule has 2 aromatic rings. The summed E-state index contributed by atoms with van der Waals surface area (Å²) < 4.78 is 2.99. The highest BCUT2D eigenvalue weighted by molar-refractivity contribution is 9.10. The molecule has 0 amide bonds. The second-order valence-electron chi connectivity index (χ2n) is 5.53. The molecule has 0 aliphatic carbocycles. The van der Waals surface area contributed by atoms with E-state index < -0.39 is 0 Å². The van der Waals surface area contributed by atoms with Crippen molar-refractivity contribution in [3.05, 3.63) is 25.6 Å². The van der Waals surface area contributed by atoms with Gasteiger partial charge in [-0.05, 0) is 35.7 Å². The van der Waals surface area contributed by atoms with Crippen LogP contribution in [0.15, 0.2) is 14.3 Å². The Balaban J connectivity index is 2.20. The molecule has 1 N–H and O–H groups in total. The number of aryl methyl sites for hydroxylation is 1. The van der Waals surface area contributed by atoms with E-state index in [4.69, 9.17) is 0 Å². The van der Waals surface area contributed by atoms with E-state index in [0.717, 1.165) is 12.8 Å². The number of hydrogen-bond acceptors (Lipinski definition) is 4. The zero-order valence-corrected chi connectivity index (χ0v) is 14.4. The Hall–Kier alpha value is -1.70. The molecular formula is C14H19BrN4O3. The van der Waals surface area contributed by atoms with E-state index >= 15 is 0 Å². The van der Waals surface area contributed by atoms with Crippen molar-refractivity contribution in [2.24, 2.45) is 13.0 Å². The normalized spacial score (nSPS) is 12.7. The summed E-state index contributed by atoms with van der Waals surface area (Å²) >= 11 is 3.17. The first kappa shape index (κ1) is 16.7. The van der Waals surface area contributed by atoms with E-state index in [-0.39, 0.29) is 23.0 Å². The highest BCUT2D eigenvalue weighted by Crippen LogP contribution is 2.11. The van der Waals surface area contributed by atoms with Gasteiger partial charge in [-0.15, -0.1) is 0 Å². The van der Waals surface area contributed by atoms with Gasteiger partial charge in [0.05, 0.1) is 0 Å². The Bertz CT molecular complexity index is 818. The molecule has 8 heteroatoms. The molecule has 0 aromatic carbocycles. The average Bonchev–Trinajstić information content (AvgIpc) is 2.86. The first-order valence-electron chi connectivity index (χ1n) is 7.18. The summed E-state index contributed by atoms with van der Waals surface area (Å²) in [6.07, 6.45) is 2.23. The van der Waals surface area contributed by atoms with Crippen LogP contribution in [0.2, 0.25) is 0 Å². The minimum Gasteiger partial charge on any atom is -0.327 e. The third kappa shape index (κ3) is 3.21. The number of carbonyl (C=O) groups is 1. The maximum absolute atomic E-state index is 12.4. The predicted octanol–water partition coefficient (Wildman–Crippen LogP) is 1.58. The van der Waals surface area contributed by atoms with Crippen LogP contribution in [0, 0.1) is 5.92 Å². The number of carbonyl (C=O) groups excluding carboxylic acids is 1. The van der Waals surface area contributed by atoms with Crippen molar-refractivity contribution in [2.45, 2.75) is 39.7 Å². The maximum Gasteiger partial charge on any atom is 0.332 e. The zero-order chi connectivity index (χ0) is 16.4. The number of imidazole rings is 1. The summed E-state index contributed by atoms with van der Waals surface area (Å²) in [5.74, 6) is 0.183. The quantitative estimate of drug-likeness (QED) is 0.617. The Kier molecular flexibility index (Phi) is 5.00. The van der Waals surface area contributed by atoms with Crippen LogP contribution in [0.3, 0.4) is 0 Å². The molecule has 22 heavy (non-hydrogen) atoms. The van der Waals surface area contributed by atoms with E-state index in [1.54, 1.807) is 14.0 Å². The van der Waals surface area contributed by atoms with Gasteiger partial charge in [-0.1, -0.05) is 13.3 Å². The van der Waals surface area contributed by atoms with Gasteiger partial charge >= 0.3 is 5.69 Å². The number of aromatic nitrogens is 4. The number of nitrogens with zero attached hydrogens (tertiary/aromatic N) is 3. The number of aromatic amines is 1. The fraction of sp³-hybridized carbons (Fsp3) is 0.571. The van der Waals surface area contributed by atoms with E-state index in [1.807, 2.05) is 6.92 Å². The third-order valence-electron chi connectivity index (χ3n) is 3.91. The molecule has 2 rings (SSSR count). The minimum atomic E-state index is -0.379. The summed E-state index contributed by atoms with van der Waals surface area (Å²) in [6, 6.07) is 0. The van der Waals surface area contributed by atoms with Crippen LogP contribution in [-0.2, 0) is 18.4 Å². The standard InChI is InChI=1S/C14H19BrN4O3/c1-8(9(2)20)6-4-5-7-19-12(21)10-11(17-13(15)16-10)18(3)14(19)22/h8H,4-7H2,1-3H3,(H,16,17)/t8-/m1/s1. The lowest BCUT2D eigenvalue weighted by Crippen LogP contribution is -2.39. The lowest BCUT2D eigenvalue weighted by Gasteiger charge is -2.09. The fourth-order valence-corrected chi connectivity index (χ4v) is 2.71. The number of rotatable bonds is 6. The Morgan fingerprint density at radius 2 is 2.05 bits per heavy atom. The number of Topliss-reactive ketones (excluding diaryl/α,β-unsaturated/α-hetero) is 1. The van der Waals surface area contributed by atoms with Gasteiger partial charge in [0.2, 0.25) is 0 Å². The Morgan fingerprint density at radius 1 is 1.36 bits per heavy atom. The summed E-state index contributed by atoms with van der Waals surface area (Å²) in [7, 11) is 1.59. The monoisotopic (exact) mass is 370 g/mol. The van der Waals surface area contributed by atoms with Crippen molar-refractivity contribution in [3.63, 3.8) is 0 Å². The van der Waals surface area contributed by atoms with Crippen molar-refractivity contribution in [3.8, 4) is 0 Å². The first-order chi connectivity index (χ1) is 10.3.